The fraction of sp³-hybridized carbons (Fsp3) is 0.304. The molecule has 4 rings (SSSR count). The highest BCUT2D eigenvalue weighted by atomic mass is 35.5. The summed E-state index contributed by atoms with van der Waals surface area (Å²) in [7, 11) is -3.58. The molecule has 1 aliphatic rings. The Kier molecular flexibility index (Phi) is 6.67. The summed E-state index contributed by atoms with van der Waals surface area (Å²) in [6.07, 6.45) is 4.51. The number of amides is 1. The Hall–Kier alpha value is -2.26. The lowest BCUT2D eigenvalue weighted by atomic mass is 10.1. The number of carbonyl (C=O) groups is 1. The molecular formula is C23H24ClN3O3S2. The third-order valence-corrected chi connectivity index (χ3v) is 8.91. The molecule has 1 aromatic heterocycles. The molecule has 168 valence electrons. The van der Waals surface area contributed by atoms with E-state index in [1.807, 2.05) is 23.6 Å². The molecule has 1 unspecified atom stereocenters. The number of nitrogens with zero attached hydrogens (tertiary/aromatic N) is 3. The first kappa shape index (κ1) is 22.9. The first-order valence-corrected chi connectivity index (χ1v) is 13.1. The van der Waals surface area contributed by atoms with Crippen LogP contribution in [0.4, 0.5) is 0 Å². The Bertz CT molecular complexity index is 1340. The molecule has 1 aliphatic heterocycles. The lowest BCUT2D eigenvalue weighted by Crippen LogP contribution is -2.41. The molecule has 1 fully saturated rings. The topological polar surface area (TPSA) is 71.7 Å². The highest BCUT2D eigenvalue weighted by Gasteiger charge is 2.30. The summed E-state index contributed by atoms with van der Waals surface area (Å²) in [4.78, 5) is 17.9. The average molecular weight is 490 g/mol. The fourth-order valence-electron chi connectivity index (χ4n) is 3.92. The maximum Gasteiger partial charge on any atom is 0.279 e. The predicted octanol–water partition coefficient (Wildman–Crippen LogP) is 4.85. The van der Waals surface area contributed by atoms with Gasteiger partial charge in [-0.2, -0.15) is 9.30 Å². The van der Waals surface area contributed by atoms with E-state index in [0.717, 1.165) is 29.5 Å². The van der Waals surface area contributed by atoms with Crippen molar-refractivity contribution in [1.82, 2.24) is 8.87 Å². The lowest BCUT2D eigenvalue weighted by molar-refractivity contribution is 0.0997. The van der Waals surface area contributed by atoms with Gasteiger partial charge in [-0.3, -0.25) is 4.79 Å². The van der Waals surface area contributed by atoms with Gasteiger partial charge in [-0.05, 0) is 62.2 Å². The number of aromatic nitrogens is 1. The van der Waals surface area contributed by atoms with Crippen molar-refractivity contribution in [2.75, 3.05) is 6.54 Å². The molecular weight excluding hydrogens is 466 g/mol. The SMILES string of the molecule is C=CCn1c(=NC(=O)c2ccc(S(=O)(=O)N3CCCCC3C)cc2)sc2cc(Cl)ccc21. The van der Waals surface area contributed by atoms with Gasteiger partial charge < -0.3 is 4.57 Å². The number of carbonyl (C=O) groups excluding carboxylic acids is 1. The van der Waals surface area contributed by atoms with Gasteiger partial charge in [0.05, 0.1) is 15.1 Å². The maximum absolute atomic E-state index is 13.0. The summed E-state index contributed by atoms with van der Waals surface area (Å²) in [5.41, 5.74) is 1.25. The molecule has 0 spiro atoms. The number of piperidine rings is 1. The van der Waals surface area contributed by atoms with Crippen LogP contribution in [-0.4, -0.2) is 35.8 Å². The van der Waals surface area contributed by atoms with E-state index < -0.39 is 15.9 Å². The highest BCUT2D eigenvalue weighted by molar-refractivity contribution is 7.89. The van der Waals surface area contributed by atoms with E-state index in [-0.39, 0.29) is 10.9 Å². The van der Waals surface area contributed by atoms with Crippen molar-refractivity contribution in [3.05, 3.63) is 70.5 Å². The molecule has 0 N–H and O–H groups in total. The van der Waals surface area contributed by atoms with Gasteiger partial charge in [-0.1, -0.05) is 35.4 Å². The number of fused-ring (bicyclic) bond motifs is 1. The van der Waals surface area contributed by atoms with Crippen molar-refractivity contribution in [2.24, 2.45) is 4.99 Å². The van der Waals surface area contributed by atoms with E-state index in [9.17, 15) is 13.2 Å². The number of rotatable bonds is 5. The maximum atomic E-state index is 13.0. The van der Waals surface area contributed by atoms with Crippen molar-refractivity contribution in [2.45, 2.75) is 43.7 Å². The van der Waals surface area contributed by atoms with Crippen LogP contribution >= 0.6 is 22.9 Å². The minimum atomic E-state index is -3.58. The van der Waals surface area contributed by atoms with E-state index in [4.69, 9.17) is 11.6 Å². The monoisotopic (exact) mass is 489 g/mol. The molecule has 0 bridgehead atoms. The Morgan fingerprint density at radius 1 is 1.25 bits per heavy atom. The Morgan fingerprint density at radius 2 is 2.00 bits per heavy atom. The lowest BCUT2D eigenvalue weighted by Gasteiger charge is -2.32. The quantitative estimate of drug-likeness (QED) is 0.481. The smallest absolute Gasteiger partial charge is 0.279 e. The number of allylic oxidation sites excluding steroid dienone is 1. The fourth-order valence-corrected chi connectivity index (χ4v) is 6.94. The molecule has 6 nitrogen and oxygen atoms in total. The highest BCUT2D eigenvalue weighted by Crippen LogP contribution is 2.25. The minimum absolute atomic E-state index is 0.0215. The largest absolute Gasteiger partial charge is 0.312 e. The molecule has 3 aromatic rings. The normalized spacial score (nSPS) is 18.2. The number of hydrogen-bond donors (Lipinski definition) is 0. The van der Waals surface area contributed by atoms with Crippen molar-refractivity contribution in [3.63, 3.8) is 0 Å². The summed E-state index contributed by atoms with van der Waals surface area (Å²) in [6, 6.07) is 11.5. The predicted molar refractivity (Wildman–Crippen MR) is 129 cm³/mol. The Balaban J connectivity index is 1.66. The van der Waals surface area contributed by atoms with Crippen molar-refractivity contribution >= 4 is 49.1 Å². The second kappa shape index (κ2) is 9.31. The molecule has 2 aromatic carbocycles. The second-order valence-corrected chi connectivity index (χ2v) is 11.1. The first-order chi connectivity index (χ1) is 15.3. The van der Waals surface area contributed by atoms with Gasteiger partial charge in [0.2, 0.25) is 10.0 Å². The number of thiazole rings is 1. The van der Waals surface area contributed by atoms with Gasteiger partial charge in [-0.25, -0.2) is 8.42 Å². The zero-order valence-corrected chi connectivity index (χ0v) is 20.1. The van der Waals surface area contributed by atoms with Crippen molar-refractivity contribution in [1.29, 1.82) is 0 Å². The molecule has 0 saturated carbocycles. The van der Waals surface area contributed by atoms with Crippen molar-refractivity contribution in [3.8, 4) is 0 Å². The van der Waals surface area contributed by atoms with E-state index in [2.05, 4.69) is 11.6 Å². The number of hydrogen-bond acceptors (Lipinski definition) is 4. The molecule has 1 amide bonds. The van der Waals surface area contributed by atoms with Crippen LogP contribution in [0.25, 0.3) is 10.2 Å². The van der Waals surface area contributed by atoms with Gasteiger partial charge in [-0.15, -0.1) is 6.58 Å². The van der Waals surface area contributed by atoms with Crippen molar-refractivity contribution < 1.29 is 13.2 Å². The van der Waals surface area contributed by atoms with Crippen LogP contribution in [0.2, 0.25) is 5.02 Å². The number of halogens is 1. The standard InChI is InChI=1S/C23H24ClN3O3S2/c1-3-13-26-20-12-9-18(24)15-21(20)31-23(26)25-22(28)17-7-10-19(11-8-17)32(29,30)27-14-5-4-6-16(27)2/h3,7-12,15-16H,1,4-6,13-14H2,2H3. The number of benzene rings is 2. The van der Waals surface area contributed by atoms with Crippen LogP contribution in [0.3, 0.4) is 0 Å². The van der Waals surface area contributed by atoms with Crippen LogP contribution in [0, 0.1) is 0 Å². The summed E-state index contributed by atoms with van der Waals surface area (Å²) in [5, 5.41) is 0.613. The third-order valence-electron chi connectivity index (χ3n) is 5.60. The molecule has 32 heavy (non-hydrogen) atoms. The van der Waals surface area contributed by atoms with Crippen LogP contribution in [0.1, 0.15) is 36.5 Å². The Morgan fingerprint density at radius 3 is 2.69 bits per heavy atom. The first-order valence-electron chi connectivity index (χ1n) is 10.4. The zero-order valence-electron chi connectivity index (χ0n) is 17.7. The van der Waals surface area contributed by atoms with Gasteiger partial charge >= 0.3 is 0 Å². The molecule has 0 radical (unpaired) electrons. The van der Waals surface area contributed by atoms with Gasteiger partial charge in [0, 0.05) is 29.7 Å². The van der Waals surface area contributed by atoms with E-state index >= 15 is 0 Å². The van der Waals surface area contributed by atoms with E-state index in [1.54, 1.807) is 16.4 Å². The molecule has 2 heterocycles. The summed E-state index contributed by atoms with van der Waals surface area (Å²) in [5.74, 6) is -0.434. The Labute approximate surface area is 196 Å². The minimum Gasteiger partial charge on any atom is -0.312 e. The van der Waals surface area contributed by atoms with Gasteiger partial charge in [0.15, 0.2) is 4.80 Å². The third kappa shape index (κ3) is 4.45. The zero-order chi connectivity index (χ0) is 22.9. The second-order valence-electron chi connectivity index (χ2n) is 7.80. The molecule has 9 heteroatoms. The van der Waals surface area contributed by atoms with Crippen LogP contribution in [-0.2, 0) is 16.6 Å². The van der Waals surface area contributed by atoms with E-state index in [1.165, 1.54) is 35.6 Å². The molecule has 0 aliphatic carbocycles. The molecule has 1 atom stereocenters. The summed E-state index contributed by atoms with van der Waals surface area (Å²) < 4.78 is 30.4. The van der Waals surface area contributed by atoms with Gasteiger partial charge in [0.1, 0.15) is 0 Å². The van der Waals surface area contributed by atoms with Crippen LogP contribution in [0.5, 0.6) is 0 Å². The van der Waals surface area contributed by atoms with Gasteiger partial charge in [0.25, 0.3) is 5.91 Å². The van der Waals surface area contributed by atoms with E-state index in [0.29, 0.717) is 28.5 Å². The van der Waals surface area contributed by atoms with Crippen LogP contribution < -0.4 is 4.80 Å². The van der Waals surface area contributed by atoms with Crippen LogP contribution in [0.15, 0.2) is 65.0 Å². The molecule has 1 saturated heterocycles. The average Bonchev–Trinajstić information content (AvgIpc) is 3.10. The number of sulfonamides is 1. The summed E-state index contributed by atoms with van der Waals surface area (Å²) in [6.45, 7) is 6.75. The summed E-state index contributed by atoms with van der Waals surface area (Å²) >= 11 is 7.47.